The van der Waals surface area contributed by atoms with E-state index >= 15 is 0 Å². The van der Waals surface area contributed by atoms with Crippen LogP contribution in [0.5, 0.6) is 5.75 Å². The monoisotopic (exact) mass is 481 g/mol. The zero-order valence-corrected chi connectivity index (χ0v) is 21.7. The van der Waals surface area contributed by atoms with Crippen LogP contribution in [0.4, 0.5) is 5.69 Å². The standard InChI is InChI=1S/C31H35N3O2/c1-21(2)24-12-14-26(15-13-24)36-17-7-16-33-28-9-6-5-8-27(28)32-31(33)25-19-30(35)34(20-25)29-18-22(3)10-11-23(29)4/h5-6,8-15,18,21,25H,7,16-17,19-20H2,1-4H3. The van der Waals surface area contributed by atoms with Gasteiger partial charge in [-0.25, -0.2) is 4.98 Å². The Balaban J connectivity index is 1.32. The Labute approximate surface area is 213 Å². The number of aryl methyl sites for hydroxylation is 3. The largest absolute Gasteiger partial charge is 0.494 e. The molecule has 5 nitrogen and oxygen atoms in total. The summed E-state index contributed by atoms with van der Waals surface area (Å²) in [6.07, 6.45) is 1.34. The number of nitrogens with zero attached hydrogens (tertiary/aromatic N) is 3. The number of imidazole rings is 1. The first-order chi connectivity index (χ1) is 17.4. The van der Waals surface area contributed by atoms with Gasteiger partial charge in [-0.1, -0.05) is 50.2 Å². The van der Waals surface area contributed by atoms with E-state index in [4.69, 9.17) is 9.72 Å². The van der Waals surface area contributed by atoms with Gasteiger partial charge in [0.1, 0.15) is 11.6 Å². The average Bonchev–Trinajstić information content (AvgIpc) is 3.44. The molecule has 0 bridgehead atoms. The van der Waals surface area contributed by atoms with Crippen LogP contribution in [0.3, 0.4) is 0 Å². The molecule has 0 aliphatic carbocycles. The topological polar surface area (TPSA) is 47.4 Å². The Morgan fingerprint density at radius 2 is 1.81 bits per heavy atom. The Morgan fingerprint density at radius 3 is 2.58 bits per heavy atom. The normalized spacial score (nSPS) is 15.9. The highest BCUT2D eigenvalue weighted by Gasteiger charge is 2.35. The molecule has 5 heteroatoms. The summed E-state index contributed by atoms with van der Waals surface area (Å²) in [6, 6.07) is 22.9. The van der Waals surface area contributed by atoms with Gasteiger partial charge in [0.2, 0.25) is 5.91 Å². The predicted octanol–water partition coefficient (Wildman–Crippen LogP) is 6.77. The molecule has 36 heavy (non-hydrogen) atoms. The van der Waals surface area contributed by atoms with Crippen LogP contribution in [-0.2, 0) is 11.3 Å². The zero-order valence-electron chi connectivity index (χ0n) is 21.7. The molecule has 1 fully saturated rings. The summed E-state index contributed by atoms with van der Waals surface area (Å²) in [5, 5.41) is 0. The maximum atomic E-state index is 13.1. The lowest BCUT2D eigenvalue weighted by Crippen LogP contribution is -2.25. The fraction of sp³-hybridized carbons (Fsp3) is 0.355. The van der Waals surface area contributed by atoms with Crippen LogP contribution in [-0.4, -0.2) is 28.6 Å². The highest BCUT2D eigenvalue weighted by atomic mass is 16.5. The van der Waals surface area contributed by atoms with Crippen LogP contribution < -0.4 is 9.64 Å². The Bertz CT molecular complexity index is 1370. The number of aromatic nitrogens is 2. The van der Waals surface area contributed by atoms with Gasteiger partial charge >= 0.3 is 0 Å². The minimum atomic E-state index is 0.0642. The van der Waals surface area contributed by atoms with Crippen molar-refractivity contribution in [3.05, 3.63) is 89.2 Å². The first-order valence-electron chi connectivity index (χ1n) is 13.0. The van der Waals surface area contributed by atoms with Crippen LogP contribution in [0.2, 0.25) is 0 Å². The first kappa shape index (κ1) is 24.1. The molecule has 0 N–H and O–H groups in total. The lowest BCUT2D eigenvalue weighted by molar-refractivity contribution is -0.117. The highest BCUT2D eigenvalue weighted by molar-refractivity contribution is 5.97. The molecule has 186 valence electrons. The van der Waals surface area contributed by atoms with Crippen LogP contribution >= 0.6 is 0 Å². The number of para-hydroxylation sites is 2. The lowest BCUT2D eigenvalue weighted by Gasteiger charge is -2.20. The average molecular weight is 482 g/mol. The van der Waals surface area contributed by atoms with Crippen LogP contribution in [0, 0.1) is 13.8 Å². The van der Waals surface area contributed by atoms with Gasteiger partial charge in [0.15, 0.2) is 0 Å². The van der Waals surface area contributed by atoms with Crippen molar-refractivity contribution in [2.24, 2.45) is 0 Å². The number of fused-ring (bicyclic) bond motifs is 1. The minimum absolute atomic E-state index is 0.0642. The third-order valence-electron chi connectivity index (χ3n) is 7.17. The van der Waals surface area contributed by atoms with E-state index in [9.17, 15) is 4.79 Å². The summed E-state index contributed by atoms with van der Waals surface area (Å²) in [6.45, 7) is 10.6. The van der Waals surface area contributed by atoms with E-state index in [1.165, 1.54) is 5.56 Å². The molecule has 1 aliphatic rings. The number of benzene rings is 3. The molecule has 0 spiro atoms. The molecule has 3 aromatic carbocycles. The molecule has 1 aliphatic heterocycles. The molecule has 1 amide bonds. The quantitative estimate of drug-likeness (QED) is 0.261. The number of ether oxygens (including phenoxy) is 1. The van der Waals surface area contributed by atoms with Gasteiger partial charge in [-0.3, -0.25) is 4.79 Å². The second kappa shape index (κ2) is 10.2. The summed E-state index contributed by atoms with van der Waals surface area (Å²) < 4.78 is 8.33. The summed E-state index contributed by atoms with van der Waals surface area (Å²) >= 11 is 0. The van der Waals surface area contributed by atoms with E-state index in [-0.39, 0.29) is 11.8 Å². The van der Waals surface area contributed by atoms with E-state index in [2.05, 4.69) is 92.9 Å². The zero-order chi connectivity index (χ0) is 25.2. The van der Waals surface area contributed by atoms with E-state index < -0.39 is 0 Å². The minimum Gasteiger partial charge on any atom is -0.494 e. The smallest absolute Gasteiger partial charge is 0.227 e. The van der Waals surface area contributed by atoms with Gasteiger partial charge in [-0.2, -0.15) is 0 Å². The van der Waals surface area contributed by atoms with E-state index in [0.717, 1.165) is 52.4 Å². The SMILES string of the molecule is Cc1ccc(C)c(N2CC(c3nc4ccccc4n3CCCOc3ccc(C(C)C)cc3)CC2=O)c1. The molecular formula is C31H35N3O2. The number of hydrogen-bond acceptors (Lipinski definition) is 3. The Hall–Kier alpha value is -3.60. The fourth-order valence-electron chi connectivity index (χ4n) is 5.13. The van der Waals surface area contributed by atoms with Gasteiger partial charge in [0, 0.05) is 31.1 Å². The number of carbonyl (C=O) groups is 1. The number of amides is 1. The summed E-state index contributed by atoms with van der Waals surface area (Å²) in [4.78, 5) is 20.0. The summed E-state index contributed by atoms with van der Waals surface area (Å²) in [5.41, 5.74) is 6.72. The van der Waals surface area contributed by atoms with Crippen LogP contribution in [0.25, 0.3) is 11.0 Å². The third-order valence-corrected chi connectivity index (χ3v) is 7.17. The number of hydrogen-bond donors (Lipinski definition) is 0. The van der Waals surface area contributed by atoms with Crippen molar-refractivity contribution in [1.82, 2.24) is 9.55 Å². The molecular weight excluding hydrogens is 446 g/mol. The molecule has 5 rings (SSSR count). The maximum absolute atomic E-state index is 13.1. The van der Waals surface area contributed by atoms with Gasteiger partial charge in [0.25, 0.3) is 0 Å². The Morgan fingerprint density at radius 1 is 1.03 bits per heavy atom. The van der Waals surface area contributed by atoms with E-state index in [1.54, 1.807) is 0 Å². The summed E-state index contributed by atoms with van der Waals surface area (Å²) in [5.74, 6) is 2.65. The number of anilines is 1. The molecule has 0 radical (unpaired) electrons. The van der Waals surface area contributed by atoms with Crippen LogP contribution in [0.15, 0.2) is 66.7 Å². The van der Waals surface area contributed by atoms with Crippen molar-refractivity contribution in [1.29, 1.82) is 0 Å². The molecule has 1 saturated heterocycles. The molecule has 2 heterocycles. The van der Waals surface area contributed by atoms with Gasteiger partial charge in [-0.05, 0) is 73.2 Å². The second-order valence-electron chi connectivity index (χ2n) is 10.2. The van der Waals surface area contributed by atoms with Crippen LogP contribution in [0.1, 0.15) is 61.0 Å². The van der Waals surface area contributed by atoms with E-state index in [1.807, 2.05) is 11.0 Å². The van der Waals surface area contributed by atoms with Crippen molar-refractivity contribution in [3.63, 3.8) is 0 Å². The van der Waals surface area contributed by atoms with E-state index in [0.29, 0.717) is 25.5 Å². The fourth-order valence-corrected chi connectivity index (χ4v) is 5.13. The molecule has 1 atom stereocenters. The number of carbonyl (C=O) groups excluding carboxylic acids is 1. The lowest BCUT2D eigenvalue weighted by atomic mass is 10.0. The summed E-state index contributed by atoms with van der Waals surface area (Å²) in [7, 11) is 0. The van der Waals surface area contributed by atoms with Gasteiger partial charge < -0.3 is 14.2 Å². The predicted molar refractivity (Wildman–Crippen MR) is 146 cm³/mol. The second-order valence-corrected chi connectivity index (χ2v) is 10.2. The first-order valence-corrected chi connectivity index (χ1v) is 13.0. The van der Waals surface area contributed by atoms with Crippen molar-refractivity contribution >= 4 is 22.6 Å². The van der Waals surface area contributed by atoms with Crippen molar-refractivity contribution in [3.8, 4) is 5.75 Å². The van der Waals surface area contributed by atoms with Crippen molar-refractivity contribution in [2.45, 2.75) is 58.9 Å². The van der Waals surface area contributed by atoms with Crippen molar-refractivity contribution in [2.75, 3.05) is 18.1 Å². The molecule has 4 aromatic rings. The van der Waals surface area contributed by atoms with Gasteiger partial charge in [-0.15, -0.1) is 0 Å². The van der Waals surface area contributed by atoms with Gasteiger partial charge in [0.05, 0.1) is 17.6 Å². The molecule has 1 aromatic heterocycles. The van der Waals surface area contributed by atoms with Crippen molar-refractivity contribution < 1.29 is 9.53 Å². The molecule has 0 saturated carbocycles. The Kier molecular flexibility index (Phi) is 6.82. The third kappa shape index (κ3) is 4.88. The maximum Gasteiger partial charge on any atom is 0.227 e. The molecule has 1 unspecified atom stereocenters. The number of rotatable bonds is 8. The highest BCUT2D eigenvalue weighted by Crippen LogP contribution is 2.35.